The molecule has 0 heterocycles. The van der Waals surface area contributed by atoms with Crippen LogP contribution in [0.1, 0.15) is 24.8 Å². The van der Waals surface area contributed by atoms with Gasteiger partial charge in [0, 0.05) is 13.1 Å². The Morgan fingerprint density at radius 3 is 2.53 bits per heavy atom. The monoisotopic (exact) mass is 262 g/mol. The van der Waals surface area contributed by atoms with Gasteiger partial charge < -0.3 is 15.4 Å². The van der Waals surface area contributed by atoms with Crippen molar-refractivity contribution in [1.29, 1.82) is 0 Å². The standard InChI is InChI=1S/C16H26N2O/c1-18(12-15-5-3-4-14(15)10-17)11-13-6-8-16(19-2)9-7-13/h6-9,14-15H,3-5,10-12,17H2,1-2H3. The van der Waals surface area contributed by atoms with E-state index in [0.717, 1.165) is 37.2 Å². The molecule has 106 valence electrons. The summed E-state index contributed by atoms with van der Waals surface area (Å²) in [6, 6.07) is 8.34. The number of hydrogen-bond donors (Lipinski definition) is 1. The summed E-state index contributed by atoms with van der Waals surface area (Å²) in [4.78, 5) is 2.42. The number of nitrogens with two attached hydrogens (primary N) is 1. The highest BCUT2D eigenvalue weighted by Crippen LogP contribution is 2.31. The van der Waals surface area contributed by atoms with Crippen LogP contribution < -0.4 is 10.5 Å². The largest absolute Gasteiger partial charge is 0.497 e. The van der Waals surface area contributed by atoms with Crippen LogP contribution >= 0.6 is 0 Å². The second kappa shape index (κ2) is 6.92. The van der Waals surface area contributed by atoms with Gasteiger partial charge in [-0.05, 0) is 56.0 Å². The van der Waals surface area contributed by atoms with Gasteiger partial charge in [-0.3, -0.25) is 0 Å². The molecule has 0 spiro atoms. The molecular formula is C16H26N2O. The molecule has 3 nitrogen and oxygen atoms in total. The first-order valence-corrected chi connectivity index (χ1v) is 7.24. The molecule has 1 aliphatic rings. The molecule has 3 heteroatoms. The summed E-state index contributed by atoms with van der Waals surface area (Å²) in [5.41, 5.74) is 7.19. The van der Waals surface area contributed by atoms with Crippen molar-refractivity contribution in [2.24, 2.45) is 17.6 Å². The van der Waals surface area contributed by atoms with Gasteiger partial charge in [0.2, 0.25) is 0 Å². The highest BCUT2D eigenvalue weighted by atomic mass is 16.5. The van der Waals surface area contributed by atoms with E-state index >= 15 is 0 Å². The Hall–Kier alpha value is -1.06. The fraction of sp³-hybridized carbons (Fsp3) is 0.625. The molecule has 1 aromatic rings. The van der Waals surface area contributed by atoms with E-state index in [9.17, 15) is 0 Å². The number of rotatable bonds is 6. The van der Waals surface area contributed by atoms with E-state index in [4.69, 9.17) is 10.5 Å². The van der Waals surface area contributed by atoms with Gasteiger partial charge in [-0.25, -0.2) is 0 Å². The van der Waals surface area contributed by atoms with E-state index in [1.165, 1.54) is 24.8 Å². The molecule has 2 unspecified atom stereocenters. The minimum absolute atomic E-state index is 0.735. The summed E-state index contributed by atoms with van der Waals surface area (Å²) >= 11 is 0. The molecule has 0 radical (unpaired) electrons. The third-order valence-electron chi connectivity index (χ3n) is 4.28. The molecule has 2 N–H and O–H groups in total. The van der Waals surface area contributed by atoms with Gasteiger partial charge in [0.1, 0.15) is 5.75 Å². The van der Waals surface area contributed by atoms with Crippen molar-refractivity contribution >= 4 is 0 Å². The molecule has 0 bridgehead atoms. The normalized spacial score (nSPS) is 22.9. The highest BCUT2D eigenvalue weighted by Gasteiger charge is 2.26. The van der Waals surface area contributed by atoms with E-state index in [1.807, 2.05) is 12.1 Å². The molecule has 1 aliphatic carbocycles. The average Bonchev–Trinajstić information content (AvgIpc) is 2.86. The number of nitrogens with zero attached hydrogens (tertiary/aromatic N) is 1. The lowest BCUT2D eigenvalue weighted by atomic mass is 9.95. The summed E-state index contributed by atoms with van der Waals surface area (Å²) in [7, 11) is 3.91. The first kappa shape index (κ1) is 14.4. The van der Waals surface area contributed by atoms with Crippen LogP contribution in [-0.2, 0) is 6.54 Å². The van der Waals surface area contributed by atoms with Gasteiger partial charge in [-0.1, -0.05) is 18.6 Å². The molecule has 2 atom stereocenters. The molecule has 1 aromatic carbocycles. The number of hydrogen-bond acceptors (Lipinski definition) is 3. The molecular weight excluding hydrogens is 236 g/mol. The highest BCUT2D eigenvalue weighted by molar-refractivity contribution is 5.27. The first-order valence-electron chi connectivity index (χ1n) is 7.24. The van der Waals surface area contributed by atoms with Crippen molar-refractivity contribution in [1.82, 2.24) is 4.90 Å². The Labute approximate surface area is 116 Å². The summed E-state index contributed by atoms with van der Waals surface area (Å²) in [5.74, 6) is 2.44. The summed E-state index contributed by atoms with van der Waals surface area (Å²) < 4.78 is 5.18. The lowest BCUT2D eigenvalue weighted by Gasteiger charge is -2.25. The maximum Gasteiger partial charge on any atom is 0.118 e. The van der Waals surface area contributed by atoms with E-state index < -0.39 is 0 Å². The summed E-state index contributed by atoms with van der Waals surface area (Å²) in [6.45, 7) is 3.01. The summed E-state index contributed by atoms with van der Waals surface area (Å²) in [6.07, 6.45) is 4.01. The van der Waals surface area contributed by atoms with Crippen LogP contribution in [0, 0.1) is 11.8 Å². The first-order chi connectivity index (χ1) is 9.22. The quantitative estimate of drug-likeness (QED) is 0.856. The smallest absolute Gasteiger partial charge is 0.118 e. The predicted molar refractivity (Wildman–Crippen MR) is 79.2 cm³/mol. The van der Waals surface area contributed by atoms with Gasteiger partial charge in [0.15, 0.2) is 0 Å². The Kier molecular flexibility index (Phi) is 5.23. The zero-order chi connectivity index (χ0) is 13.7. The SMILES string of the molecule is COc1ccc(CN(C)CC2CCCC2CN)cc1. The van der Waals surface area contributed by atoms with Gasteiger partial charge in [0.05, 0.1) is 7.11 Å². The van der Waals surface area contributed by atoms with Crippen LogP contribution in [0.4, 0.5) is 0 Å². The third-order valence-corrected chi connectivity index (χ3v) is 4.28. The minimum atomic E-state index is 0.735. The van der Waals surface area contributed by atoms with E-state index in [1.54, 1.807) is 7.11 Å². The topological polar surface area (TPSA) is 38.5 Å². The van der Waals surface area contributed by atoms with Gasteiger partial charge >= 0.3 is 0 Å². The summed E-state index contributed by atoms with van der Waals surface area (Å²) in [5, 5.41) is 0. The van der Waals surface area contributed by atoms with E-state index in [0.29, 0.717) is 0 Å². The van der Waals surface area contributed by atoms with Crippen LogP contribution in [0.25, 0.3) is 0 Å². The molecule has 0 aliphatic heterocycles. The molecule has 1 fully saturated rings. The van der Waals surface area contributed by atoms with Crippen LogP contribution in [0.15, 0.2) is 24.3 Å². The van der Waals surface area contributed by atoms with Gasteiger partial charge in [0.25, 0.3) is 0 Å². The Morgan fingerprint density at radius 2 is 1.89 bits per heavy atom. The van der Waals surface area contributed by atoms with Crippen LogP contribution in [-0.4, -0.2) is 32.1 Å². The van der Waals surface area contributed by atoms with Gasteiger partial charge in [-0.2, -0.15) is 0 Å². The van der Waals surface area contributed by atoms with Crippen molar-refractivity contribution in [2.75, 3.05) is 27.2 Å². The molecule has 1 saturated carbocycles. The zero-order valence-electron chi connectivity index (χ0n) is 12.1. The van der Waals surface area contributed by atoms with Crippen LogP contribution in [0.5, 0.6) is 5.75 Å². The van der Waals surface area contributed by atoms with Crippen LogP contribution in [0.3, 0.4) is 0 Å². The Bertz CT molecular complexity index is 377. The Morgan fingerprint density at radius 1 is 1.21 bits per heavy atom. The lowest BCUT2D eigenvalue weighted by molar-refractivity contribution is 0.237. The second-order valence-electron chi connectivity index (χ2n) is 5.73. The van der Waals surface area contributed by atoms with E-state index in [2.05, 4.69) is 24.1 Å². The van der Waals surface area contributed by atoms with E-state index in [-0.39, 0.29) is 0 Å². The van der Waals surface area contributed by atoms with Crippen molar-refractivity contribution in [2.45, 2.75) is 25.8 Å². The second-order valence-corrected chi connectivity index (χ2v) is 5.73. The average molecular weight is 262 g/mol. The number of benzene rings is 1. The van der Waals surface area contributed by atoms with Crippen molar-refractivity contribution in [3.8, 4) is 5.75 Å². The number of methoxy groups -OCH3 is 1. The Balaban J connectivity index is 1.84. The molecule has 0 amide bonds. The molecule has 0 aromatic heterocycles. The lowest BCUT2D eigenvalue weighted by Crippen LogP contribution is -2.30. The predicted octanol–water partition coefficient (Wildman–Crippen LogP) is 2.50. The minimum Gasteiger partial charge on any atom is -0.497 e. The third kappa shape index (κ3) is 3.95. The maximum atomic E-state index is 5.85. The van der Waals surface area contributed by atoms with Crippen molar-refractivity contribution in [3.63, 3.8) is 0 Å². The van der Waals surface area contributed by atoms with Crippen molar-refractivity contribution < 1.29 is 4.74 Å². The molecule has 19 heavy (non-hydrogen) atoms. The fourth-order valence-electron chi connectivity index (χ4n) is 3.17. The maximum absolute atomic E-state index is 5.85. The number of ether oxygens (including phenoxy) is 1. The zero-order valence-corrected chi connectivity index (χ0v) is 12.1. The fourth-order valence-corrected chi connectivity index (χ4v) is 3.17. The van der Waals surface area contributed by atoms with Crippen LogP contribution in [0.2, 0.25) is 0 Å². The molecule has 0 saturated heterocycles. The van der Waals surface area contributed by atoms with Crippen molar-refractivity contribution in [3.05, 3.63) is 29.8 Å². The van der Waals surface area contributed by atoms with Gasteiger partial charge in [-0.15, -0.1) is 0 Å². The molecule has 2 rings (SSSR count).